The van der Waals surface area contributed by atoms with Crippen molar-refractivity contribution in [1.29, 1.82) is 0 Å². The molecule has 4 heteroatoms. The zero-order chi connectivity index (χ0) is 7.14. The largest absolute Gasteiger partial charge is 0.476 e. The Labute approximate surface area is 62.7 Å². The van der Waals surface area contributed by atoms with E-state index in [9.17, 15) is 0 Å². The average molecular weight is 158 g/mol. The lowest BCUT2D eigenvalue weighted by atomic mass is 10.5. The molecular formula is C6H8NO2S+. The van der Waals surface area contributed by atoms with E-state index in [0.29, 0.717) is 0 Å². The molecule has 0 aromatic carbocycles. The maximum atomic E-state index is 9.09. The highest BCUT2D eigenvalue weighted by Gasteiger charge is 2.30. The Morgan fingerprint density at radius 2 is 2.50 bits per heavy atom. The van der Waals surface area contributed by atoms with Crippen molar-refractivity contribution in [1.82, 2.24) is 0 Å². The molecule has 1 aromatic heterocycles. The van der Waals surface area contributed by atoms with Crippen molar-refractivity contribution < 1.29 is 14.1 Å². The van der Waals surface area contributed by atoms with Gasteiger partial charge in [0.25, 0.3) is 5.69 Å². The van der Waals surface area contributed by atoms with Gasteiger partial charge in [0.1, 0.15) is 5.75 Å². The van der Waals surface area contributed by atoms with Gasteiger partial charge in [-0.15, -0.1) is 0 Å². The Kier molecular flexibility index (Phi) is 1.17. The minimum Gasteiger partial charge on any atom is -0.476 e. The number of thioether (sulfide) groups is 1. The van der Waals surface area contributed by atoms with Crippen molar-refractivity contribution in [2.45, 2.75) is 18.6 Å². The van der Waals surface area contributed by atoms with E-state index in [4.69, 9.17) is 9.52 Å². The summed E-state index contributed by atoms with van der Waals surface area (Å²) in [6, 6.07) is 0. The molecule has 0 unspecified atom stereocenters. The number of oxazole rings is 1. The first-order chi connectivity index (χ1) is 4.79. The zero-order valence-electron chi connectivity index (χ0n) is 5.63. The fourth-order valence-corrected chi connectivity index (χ4v) is 2.04. The summed E-state index contributed by atoms with van der Waals surface area (Å²) in [4.78, 5) is 0. The molecule has 0 atom stereocenters. The van der Waals surface area contributed by atoms with Gasteiger partial charge in [0.2, 0.25) is 0 Å². The lowest BCUT2D eigenvalue weighted by Gasteiger charge is -1.81. The zero-order valence-corrected chi connectivity index (χ0v) is 6.44. The molecule has 0 saturated carbocycles. The van der Waals surface area contributed by atoms with E-state index in [1.54, 1.807) is 11.8 Å². The SMILES string of the molecule is Cc1c(O)oc2[n+]1CSC2. The van der Waals surface area contributed by atoms with Crippen LogP contribution in [0.1, 0.15) is 11.6 Å². The van der Waals surface area contributed by atoms with E-state index in [-0.39, 0.29) is 5.95 Å². The molecule has 3 nitrogen and oxygen atoms in total. The minimum absolute atomic E-state index is 0.0651. The van der Waals surface area contributed by atoms with Crippen LogP contribution < -0.4 is 4.57 Å². The number of nitrogens with zero attached hydrogens (tertiary/aromatic N) is 1. The Bertz CT molecular complexity index is 269. The van der Waals surface area contributed by atoms with Gasteiger partial charge in [-0.2, -0.15) is 4.57 Å². The molecule has 2 heterocycles. The molecule has 1 N–H and O–H groups in total. The number of fused-ring (bicyclic) bond motifs is 1. The highest BCUT2D eigenvalue weighted by atomic mass is 32.2. The Morgan fingerprint density at radius 1 is 1.70 bits per heavy atom. The maximum absolute atomic E-state index is 9.09. The predicted octanol–water partition coefficient (Wildman–Crippen LogP) is 0.785. The minimum atomic E-state index is 0.0651. The van der Waals surface area contributed by atoms with E-state index >= 15 is 0 Å². The summed E-state index contributed by atoms with van der Waals surface area (Å²) in [5.74, 6) is 2.72. The van der Waals surface area contributed by atoms with Gasteiger partial charge in [0, 0.05) is 6.92 Å². The molecule has 2 rings (SSSR count). The molecule has 10 heavy (non-hydrogen) atoms. The molecule has 0 amide bonds. The van der Waals surface area contributed by atoms with Gasteiger partial charge in [0.15, 0.2) is 5.88 Å². The molecule has 0 saturated heterocycles. The maximum Gasteiger partial charge on any atom is 0.361 e. The lowest BCUT2D eigenvalue weighted by molar-refractivity contribution is -0.686. The molecule has 54 valence electrons. The second-order valence-corrected chi connectivity index (χ2v) is 3.25. The molecule has 0 bridgehead atoms. The summed E-state index contributed by atoms with van der Waals surface area (Å²) < 4.78 is 7.04. The monoisotopic (exact) mass is 158 g/mol. The Morgan fingerprint density at radius 3 is 3.20 bits per heavy atom. The second-order valence-electron chi connectivity index (χ2n) is 2.29. The van der Waals surface area contributed by atoms with Crippen molar-refractivity contribution >= 4 is 11.8 Å². The summed E-state index contributed by atoms with van der Waals surface area (Å²) >= 11 is 1.79. The summed E-state index contributed by atoms with van der Waals surface area (Å²) in [5.41, 5.74) is 0.833. The van der Waals surface area contributed by atoms with Crippen LogP contribution >= 0.6 is 11.8 Å². The average Bonchev–Trinajstić information content (AvgIpc) is 2.41. The van der Waals surface area contributed by atoms with Crippen LogP contribution in [-0.2, 0) is 11.6 Å². The molecular weight excluding hydrogens is 150 g/mol. The number of aromatic nitrogens is 1. The van der Waals surface area contributed by atoms with Crippen LogP contribution in [0, 0.1) is 6.92 Å². The van der Waals surface area contributed by atoms with Crippen LogP contribution in [0.15, 0.2) is 4.42 Å². The van der Waals surface area contributed by atoms with Gasteiger partial charge in [-0.3, -0.25) is 0 Å². The van der Waals surface area contributed by atoms with Crippen LogP contribution in [0.25, 0.3) is 0 Å². The highest BCUT2D eigenvalue weighted by Crippen LogP contribution is 2.24. The summed E-state index contributed by atoms with van der Waals surface area (Å²) in [7, 11) is 0. The van der Waals surface area contributed by atoms with Crippen LogP contribution in [0.4, 0.5) is 0 Å². The number of hydrogen-bond acceptors (Lipinski definition) is 3. The first-order valence-electron chi connectivity index (χ1n) is 3.08. The van der Waals surface area contributed by atoms with E-state index in [2.05, 4.69) is 0 Å². The van der Waals surface area contributed by atoms with Gasteiger partial charge in [-0.1, -0.05) is 11.8 Å². The van der Waals surface area contributed by atoms with E-state index in [1.165, 1.54) is 0 Å². The Balaban J connectivity index is 2.59. The quantitative estimate of drug-likeness (QED) is 0.567. The number of aromatic hydroxyl groups is 1. The lowest BCUT2D eigenvalue weighted by Crippen LogP contribution is -2.32. The smallest absolute Gasteiger partial charge is 0.361 e. The molecule has 1 aliphatic heterocycles. The van der Waals surface area contributed by atoms with E-state index in [1.807, 2.05) is 11.5 Å². The van der Waals surface area contributed by atoms with Gasteiger partial charge >= 0.3 is 11.8 Å². The topological polar surface area (TPSA) is 37.3 Å². The van der Waals surface area contributed by atoms with Crippen molar-refractivity contribution in [2.24, 2.45) is 0 Å². The first kappa shape index (κ1) is 6.09. The van der Waals surface area contributed by atoms with Crippen LogP contribution in [0.3, 0.4) is 0 Å². The van der Waals surface area contributed by atoms with Gasteiger partial charge in [-0.25, -0.2) is 0 Å². The van der Waals surface area contributed by atoms with Crippen molar-refractivity contribution in [2.75, 3.05) is 0 Å². The molecule has 0 fully saturated rings. The number of hydrogen-bond donors (Lipinski definition) is 1. The molecule has 1 aliphatic rings. The van der Waals surface area contributed by atoms with Crippen molar-refractivity contribution in [3.05, 3.63) is 11.6 Å². The van der Waals surface area contributed by atoms with Gasteiger partial charge in [0.05, 0.1) is 0 Å². The predicted molar refractivity (Wildman–Crippen MR) is 36.6 cm³/mol. The van der Waals surface area contributed by atoms with Crippen LogP contribution in [0.5, 0.6) is 5.95 Å². The Hall–Kier alpha value is -0.640. The van der Waals surface area contributed by atoms with E-state index in [0.717, 1.165) is 23.2 Å². The summed E-state index contributed by atoms with van der Waals surface area (Å²) in [5, 5.41) is 9.09. The highest BCUT2D eigenvalue weighted by molar-refractivity contribution is 7.97. The first-order valence-corrected chi connectivity index (χ1v) is 4.23. The normalized spacial score (nSPS) is 15.7. The van der Waals surface area contributed by atoms with Gasteiger partial charge < -0.3 is 9.52 Å². The third kappa shape index (κ3) is 0.653. The van der Waals surface area contributed by atoms with Crippen molar-refractivity contribution in [3.63, 3.8) is 0 Å². The van der Waals surface area contributed by atoms with Gasteiger partial charge in [-0.05, 0) is 0 Å². The summed E-state index contributed by atoms with van der Waals surface area (Å²) in [6.45, 7) is 1.86. The second kappa shape index (κ2) is 1.92. The van der Waals surface area contributed by atoms with E-state index < -0.39 is 0 Å². The molecule has 0 aliphatic carbocycles. The standard InChI is InChI=1S/C6H7NO2S/c1-4-6(8)9-5-2-10-3-7(4)5/h2-3H2,1H3/p+1. The van der Waals surface area contributed by atoms with Crippen LogP contribution in [0.2, 0.25) is 0 Å². The third-order valence-corrected chi connectivity index (χ3v) is 2.57. The third-order valence-electron chi connectivity index (χ3n) is 1.68. The fraction of sp³-hybridized carbons (Fsp3) is 0.500. The van der Waals surface area contributed by atoms with Crippen LogP contribution in [-0.4, -0.2) is 5.11 Å². The number of rotatable bonds is 0. The fourth-order valence-electron chi connectivity index (χ4n) is 1.04. The van der Waals surface area contributed by atoms with Crippen molar-refractivity contribution in [3.8, 4) is 5.95 Å². The molecule has 0 radical (unpaired) electrons. The summed E-state index contributed by atoms with van der Waals surface area (Å²) in [6.07, 6.45) is 0. The molecule has 1 aromatic rings. The molecule has 0 spiro atoms.